The first-order valence-electron chi connectivity index (χ1n) is 11.5. The lowest BCUT2D eigenvalue weighted by molar-refractivity contribution is -0.661. The van der Waals surface area contributed by atoms with Crippen molar-refractivity contribution < 1.29 is 51.6 Å². The van der Waals surface area contributed by atoms with E-state index in [0.29, 0.717) is 26.2 Å². The van der Waals surface area contributed by atoms with Gasteiger partial charge in [-0.25, -0.2) is 8.42 Å². The van der Waals surface area contributed by atoms with Crippen molar-refractivity contribution in [1.82, 2.24) is 9.88 Å². The summed E-state index contributed by atoms with van der Waals surface area (Å²) in [6.07, 6.45) is -2.03. The van der Waals surface area contributed by atoms with Gasteiger partial charge < -0.3 is 30.5 Å². The monoisotopic (exact) mass is 577 g/mol. The molecule has 17 heteroatoms. The van der Waals surface area contributed by atoms with Crippen molar-refractivity contribution in [1.29, 1.82) is 0 Å². The van der Waals surface area contributed by atoms with Crippen LogP contribution in [-0.4, -0.2) is 84.9 Å². The van der Waals surface area contributed by atoms with Crippen LogP contribution in [0.4, 0.5) is 24.5 Å². The number of pyridine rings is 1. The number of carbonyl (C=O) groups excluding carboxylic acids is 2. The van der Waals surface area contributed by atoms with Crippen molar-refractivity contribution in [3.63, 3.8) is 0 Å². The molecule has 13 nitrogen and oxygen atoms in total. The van der Waals surface area contributed by atoms with E-state index in [4.69, 9.17) is 15.0 Å². The van der Waals surface area contributed by atoms with Gasteiger partial charge in [-0.05, 0) is 30.2 Å². The highest BCUT2D eigenvalue weighted by molar-refractivity contribution is 7.91. The van der Waals surface area contributed by atoms with Crippen LogP contribution in [0.15, 0.2) is 41.6 Å². The van der Waals surface area contributed by atoms with Gasteiger partial charge in [0, 0.05) is 31.6 Å². The number of quaternary nitrogens is 1. The number of nitrogens with zero attached hydrogens (tertiary/aromatic N) is 3. The number of alkyl halides is 3. The molecule has 214 valence electrons. The Hall–Kier alpha value is -3.83. The van der Waals surface area contributed by atoms with Gasteiger partial charge in [0.15, 0.2) is 9.84 Å². The summed E-state index contributed by atoms with van der Waals surface area (Å²) in [5.41, 5.74) is 0.123. The number of halogens is 3. The fraction of sp³-hybridized carbons (Fsp3) is 0.409. The number of carboxylic acid groups (broad SMARTS) is 1. The van der Waals surface area contributed by atoms with Gasteiger partial charge in [-0.15, -0.1) is 0 Å². The van der Waals surface area contributed by atoms with Crippen molar-refractivity contribution in [2.24, 2.45) is 0 Å². The normalized spacial score (nSPS) is 13.7. The van der Waals surface area contributed by atoms with Crippen LogP contribution in [0.2, 0.25) is 0 Å². The van der Waals surface area contributed by atoms with Crippen LogP contribution in [0.25, 0.3) is 0 Å². The Labute approximate surface area is 220 Å². The molecule has 0 atom stereocenters. The number of aliphatic hydroxyl groups excluding tert-OH is 1. The van der Waals surface area contributed by atoms with Crippen LogP contribution < -0.4 is 15.7 Å². The number of hydrogen-bond donors (Lipinski definition) is 3. The van der Waals surface area contributed by atoms with E-state index in [9.17, 15) is 36.5 Å². The average molecular weight is 578 g/mol. The molecule has 2 aromatic rings. The second-order valence-electron chi connectivity index (χ2n) is 8.17. The predicted octanol–water partition coefficient (Wildman–Crippen LogP) is -0.924. The SMILES string of the molecule is O=C([O-])C(F)(F)F.O=C(c1cc(S(=O)(=O)CCCO)c(NCc2ccncc2)cc1[N+](=O)[O-])N1CC[NH2+]CC1. The number of nitro groups is 1. The lowest BCUT2D eigenvalue weighted by Crippen LogP contribution is -2.89. The molecule has 0 radical (unpaired) electrons. The summed E-state index contributed by atoms with van der Waals surface area (Å²) in [6.45, 7) is 2.08. The van der Waals surface area contributed by atoms with E-state index < -0.39 is 38.5 Å². The Morgan fingerprint density at radius 1 is 1.18 bits per heavy atom. The first kappa shape index (κ1) is 31.4. The first-order valence-corrected chi connectivity index (χ1v) is 13.1. The number of nitrogens with two attached hydrogens (primary N) is 1. The third-order valence-corrected chi connectivity index (χ3v) is 7.22. The summed E-state index contributed by atoms with van der Waals surface area (Å²) in [7, 11) is -3.92. The molecule has 1 aliphatic heterocycles. The third kappa shape index (κ3) is 9.15. The minimum Gasteiger partial charge on any atom is -0.542 e. The van der Waals surface area contributed by atoms with Gasteiger partial charge in [-0.1, -0.05) is 0 Å². The van der Waals surface area contributed by atoms with Crippen molar-refractivity contribution in [3.8, 4) is 0 Å². The van der Waals surface area contributed by atoms with Gasteiger partial charge in [-0.3, -0.25) is 19.9 Å². The maximum atomic E-state index is 13.1. The van der Waals surface area contributed by atoms with Crippen LogP contribution in [0.5, 0.6) is 0 Å². The number of carboxylic acids is 1. The van der Waals surface area contributed by atoms with E-state index in [-0.39, 0.29) is 41.5 Å². The van der Waals surface area contributed by atoms with Gasteiger partial charge in [0.25, 0.3) is 11.6 Å². The first-order chi connectivity index (χ1) is 18.3. The molecule has 1 aliphatic rings. The Balaban J connectivity index is 0.000000673. The molecule has 39 heavy (non-hydrogen) atoms. The van der Waals surface area contributed by atoms with Gasteiger partial charge in [0.2, 0.25) is 0 Å². The number of nitrogens with one attached hydrogen (secondary N) is 1. The van der Waals surface area contributed by atoms with Crippen LogP contribution in [-0.2, 0) is 21.2 Å². The summed E-state index contributed by atoms with van der Waals surface area (Å²) >= 11 is 0. The molecule has 2 heterocycles. The van der Waals surface area contributed by atoms with Crippen LogP contribution >= 0.6 is 0 Å². The largest absolute Gasteiger partial charge is 0.542 e. The smallest absolute Gasteiger partial charge is 0.430 e. The van der Waals surface area contributed by atoms with Crippen molar-refractivity contribution in [2.75, 3.05) is 43.9 Å². The fourth-order valence-electron chi connectivity index (χ4n) is 3.47. The zero-order valence-corrected chi connectivity index (χ0v) is 21.2. The molecule has 1 aromatic carbocycles. The van der Waals surface area contributed by atoms with Crippen molar-refractivity contribution >= 4 is 33.1 Å². The maximum absolute atomic E-state index is 13.1. The molecule has 4 N–H and O–H groups in total. The number of aliphatic hydroxyl groups is 1. The molecular weight excluding hydrogens is 551 g/mol. The Morgan fingerprint density at radius 2 is 1.77 bits per heavy atom. The molecule has 0 aliphatic carbocycles. The number of amides is 1. The Morgan fingerprint density at radius 3 is 2.28 bits per heavy atom. The number of benzene rings is 1. The number of rotatable bonds is 9. The predicted molar refractivity (Wildman–Crippen MR) is 127 cm³/mol. The molecule has 0 saturated carbocycles. The number of hydrogen-bond acceptors (Lipinski definition) is 10. The molecule has 1 saturated heterocycles. The second-order valence-corrected chi connectivity index (χ2v) is 10.2. The average Bonchev–Trinajstić information content (AvgIpc) is 2.90. The minimum atomic E-state index is -5.19. The minimum absolute atomic E-state index is 0.00829. The number of piperazine rings is 1. The summed E-state index contributed by atoms with van der Waals surface area (Å²) in [5.74, 6) is -3.92. The van der Waals surface area contributed by atoms with E-state index in [1.807, 2.05) is 5.32 Å². The van der Waals surface area contributed by atoms with E-state index in [1.165, 1.54) is 4.90 Å². The summed E-state index contributed by atoms with van der Waals surface area (Å²) in [5, 5.41) is 34.6. The van der Waals surface area contributed by atoms with E-state index >= 15 is 0 Å². The highest BCUT2D eigenvalue weighted by atomic mass is 32.2. The van der Waals surface area contributed by atoms with Crippen LogP contribution in [0.1, 0.15) is 22.3 Å². The molecular formula is C22H26F3N5O8S. The van der Waals surface area contributed by atoms with Gasteiger partial charge in [0.1, 0.15) is 11.5 Å². The van der Waals surface area contributed by atoms with Crippen molar-refractivity contribution in [2.45, 2.75) is 24.0 Å². The summed E-state index contributed by atoms with van der Waals surface area (Å²) in [4.78, 5) is 38.2. The van der Waals surface area contributed by atoms with E-state index in [1.54, 1.807) is 24.5 Å². The maximum Gasteiger partial charge on any atom is 0.430 e. The quantitative estimate of drug-likeness (QED) is 0.247. The number of nitro benzene ring substituents is 1. The molecule has 1 amide bonds. The topological polar surface area (TPSA) is 199 Å². The number of sulfone groups is 1. The third-order valence-electron chi connectivity index (χ3n) is 5.39. The lowest BCUT2D eigenvalue weighted by atomic mass is 10.1. The highest BCUT2D eigenvalue weighted by Gasteiger charge is 2.31. The summed E-state index contributed by atoms with van der Waals surface area (Å²) < 4.78 is 57.5. The zero-order chi connectivity index (χ0) is 29.2. The molecule has 0 bridgehead atoms. The molecule has 3 rings (SSSR count). The summed E-state index contributed by atoms with van der Waals surface area (Å²) in [6, 6.07) is 5.66. The number of carbonyl (C=O) groups is 2. The fourth-order valence-corrected chi connectivity index (χ4v) is 4.97. The van der Waals surface area contributed by atoms with Gasteiger partial charge in [-0.2, -0.15) is 13.2 Å². The lowest BCUT2D eigenvalue weighted by Gasteiger charge is -2.25. The van der Waals surface area contributed by atoms with Gasteiger partial charge in [0.05, 0.1) is 47.4 Å². The van der Waals surface area contributed by atoms with Crippen LogP contribution in [0, 0.1) is 10.1 Å². The van der Waals surface area contributed by atoms with E-state index in [0.717, 1.165) is 17.7 Å². The van der Waals surface area contributed by atoms with Gasteiger partial charge >= 0.3 is 6.18 Å². The second kappa shape index (κ2) is 13.8. The standard InChI is InChI=1S/C20H25N5O6S.C2HF3O2/c26-10-1-11-32(30,31)19-12-16(20(27)24-8-6-22-7-9-24)18(25(28)29)13-17(19)23-14-15-2-4-21-5-3-15;3-2(4,5)1(6)7/h2-5,12-13,22-23,26H,1,6-11,14H2;(H,6,7). The highest BCUT2D eigenvalue weighted by Crippen LogP contribution is 2.33. The molecule has 1 aromatic heterocycles. The van der Waals surface area contributed by atoms with E-state index in [2.05, 4.69) is 10.3 Å². The number of anilines is 1. The van der Waals surface area contributed by atoms with Crippen molar-refractivity contribution in [3.05, 3.63) is 57.9 Å². The molecule has 0 unspecified atom stereocenters. The Kier molecular flexibility index (Phi) is 11.1. The molecule has 0 spiro atoms. The number of aliphatic carboxylic acids is 1. The number of aromatic nitrogens is 1. The Bertz CT molecular complexity index is 1270. The van der Waals surface area contributed by atoms with Crippen LogP contribution in [0.3, 0.4) is 0 Å². The zero-order valence-electron chi connectivity index (χ0n) is 20.4. The molecule has 1 fully saturated rings.